The van der Waals surface area contributed by atoms with Gasteiger partial charge in [0.1, 0.15) is 0 Å². The topological polar surface area (TPSA) is 56.1 Å². The fraction of sp³-hybridized carbons (Fsp3) is 0.333. The van der Waals surface area contributed by atoms with E-state index < -0.39 is 17.7 Å². The number of halogens is 4. The van der Waals surface area contributed by atoms with Crippen LogP contribution in [0.25, 0.3) is 0 Å². The van der Waals surface area contributed by atoms with E-state index in [1.165, 1.54) is 30.1 Å². The maximum Gasteiger partial charge on any atom is 0.416 e. The van der Waals surface area contributed by atoms with Crippen LogP contribution in [0.1, 0.15) is 29.0 Å². The highest BCUT2D eigenvalue weighted by molar-refractivity contribution is 9.10. The number of rotatable bonds is 5. The van der Waals surface area contributed by atoms with E-state index in [-0.39, 0.29) is 11.7 Å². The Morgan fingerprint density at radius 3 is 2.54 bits per heavy atom. The molecule has 0 spiro atoms. The third kappa shape index (κ3) is 4.08. The number of hydrogen-bond donors (Lipinski definition) is 1. The predicted molar refractivity (Wildman–Crippen MR) is 85.9 cm³/mol. The van der Waals surface area contributed by atoms with Crippen molar-refractivity contribution in [3.05, 3.63) is 46.2 Å². The van der Waals surface area contributed by atoms with Gasteiger partial charge in [0.2, 0.25) is 0 Å². The second kappa shape index (κ2) is 7.25. The molecule has 0 bridgehead atoms. The SMILES string of the molecule is COC(=O)c1c(Br)cnn1C(C)CNc1ccc(C(F)(F)F)cc1. The number of anilines is 1. The predicted octanol–water partition coefficient (Wildman–Crippen LogP) is 4.12. The van der Waals surface area contributed by atoms with E-state index in [9.17, 15) is 18.0 Å². The molecule has 0 fully saturated rings. The first-order chi connectivity index (χ1) is 11.2. The summed E-state index contributed by atoms with van der Waals surface area (Å²) in [4.78, 5) is 11.8. The number of ether oxygens (including phenoxy) is 1. The molecule has 0 aliphatic rings. The minimum Gasteiger partial charge on any atom is -0.464 e. The normalized spacial score (nSPS) is 12.8. The van der Waals surface area contributed by atoms with Crippen LogP contribution >= 0.6 is 15.9 Å². The molecule has 1 N–H and O–H groups in total. The van der Waals surface area contributed by atoms with Gasteiger partial charge in [-0.25, -0.2) is 4.79 Å². The Hall–Kier alpha value is -2.03. The van der Waals surface area contributed by atoms with Gasteiger partial charge < -0.3 is 10.1 Å². The largest absolute Gasteiger partial charge is 0.464 e. The molecule has 0 saturated heterocycles. The third-order valence-electron chi connectivity index (χ3n) is 3.36. The Kier molecular flexibility index (Phi) is 5.53. The molecule has 2 rings (SSSR count). The van der Waals surface area contributed by atoms with E-state index in [4.69, 9.17) is 4.74 Å². The molecule has 1 aromatic carbocycles. The van der Waals surface area contributed by atoms with E-state index in [1.54, 1.807) is 0 Å². The van der Waals surface area contributed by atoms with E-state index in [0.29, 0.717) is 16.7 Å². The summed E-state index contributed by atoms with van der Waals surface area (Å²) in [5.74, 6) is -0.527. The molecule has 1 aromatic heterocycles. The van der Waals surface area contributed by atoms with Gasteiger partial charge in [0.05, 0.1) is 29.4 Å². The molecule has 2 aromatic rings. The van der Waals surface area contributed by atoms with Crippen molar-refractivity contribution in [3.63, 3.8) is 0 Å². The summed E-state index contributed by atoms with van der Waals surface area (Å²) in [5, 5.41) is 7.14. The molecule has 24 heavy (non-hydrogen) atoms. The van der Waals surface area contributed by atoms with Gasteiger partial charge >= 0.3 is 12.1 Å². The Morgan fingerprint density at radius 2 is 2.00 bits per heavy atom. The fourth-order valence-corrected chi connectivity index (χ4v) is 2.53. The van der Waals surface area contributed by atoms with Crippen LogP contribution in [0.2, 0.25) is 0 Å². The van der Waals surface area contributed by atoms with Gasteiger partial charge in [0.25, 0.3) is 0 Å². The summed E-state index contributed by atoms with van der Waals surface area (Å²) in [7, 11) is 1.28. The molecule has 1 heterocycles. The molecule has 0 aliphatic carbocycles. The number of nitrogens with zero attached hydrogens (tertiary/aromatic N) is 2. The van der Waals surface area contributed by atoms with Gasteiger partial charge in [-0.1, -0.05) is 0 Å². The van der Waals surface area contributed by atoms with Crippen LogP contribution in [0.3, 0.4) is 0 Å². The van der Waals surface area contributed by atoms with Crippen LogP contribution in [-0.4, -0.2) is 29.4 Å². The summed E-state index contributed by atoms with van der Waals surface area (Å²) in [6, 6.07) is 4.51. The van der Waals surface area contributed by atoms with E-state index >= 15 is 0 Å². The zero-order valence-corrected chi connectivity index (χ0v) is 14.5. The molecule has 0 saturated carbocycles. The lowest BCUT2D eigenvalue weighted by atomic mass is 10.2. The first-order valence-electron chi connectivity index (χ1n) is 6.96. The Labute approximate surface area is 144 Å². The average molecular weight is 406 g/mol. The highest BCUT2D eigenvalue weighted by Gasteiger charge is 2.30. The maximum absolute atomic E-state index is 12.5. The minimum absolute atomic E-state index is 0.229. The first kappa shape index (κ1) is 18.3. The van der Waals surface area contributed by atoms with E-state index in [0.717, 1.165) is 12.1 Å². The molecule has 9 heteroatoms. The molecule has 1 unspecified atom stereocenters. The van der Waals surface area contributed by atoms with Crippen LogP contribution in [-0.2, 0) is 10.9 Å². The molecule has 0 radical (unpaired) electrons. The standard InChI is InChI=1S/C15H15BrF3N3O2/c1-9(22-13(14(23)24-2)12(16)8-21-22)7-20-11-5-3-10(4-6-11)15(17,18)19/h3-6,8-9,20H,7H2,1-2H3. The average Bonchev–Trinajstić information content (AvgIpc) is 2.93. The maximum atomic E-state index is 12.5. The van der Waals surface area contributed by atoms with Gasteiger partial charge in [-0.05, 0) is 47.1 Å². The lowest BCUT2D eigenvalue weighted by Gasteiger charge is -2.17. The molecule has 0 amide bonds. The Bertz CT molecular complexity index is 714. The Balaban J connectivity index is 2.06. The summed E-state index contributed by atoms with van der Waals surface area (Å²) in [5.41, 5.74) is 0.116. The lowest BCUT2D eigenvalue weighted by Crippen LogP contribution is -2.21. The van der Waals surface area contributed by atoms with Gasteiger partial charge in [-0.2, -0.15) is 18.3 Å². The molecule has 5 nitrogen and oxygen atoms in total. The highest BCUT2D eigenvalue weighted by Crippen LogP contribution is 2.30. The van der Waals surface area contributed by atoms with Gasteiger partial charge in [-0.15, -0.1) is 0 Å². The van der Waals surface area contributed by atoms with Gasteiger partial charge in [0, 0.05) is 12.2 Å². The minimum atomic E-state index is -4.36. The van der Waals surface area contributed by atoms with Crippen molar-refractivity contribution in [2.24, 2.45) is 0 Å². The number of nitrogens with one attached hydrogen (secondary N) is 1. The molecular weight excluding hydrogens is 391 g/mol. The second-order valence-electron chi connectivity index (χ2n) is 5.08. The summed E-state index contributed by atoms with van der Waals surface area (Å²) in [6.45, 7) is 2.19. The smallest absolute Gasteiger partial charge is 0.416 e. The van der Waals surface area contributed by atoms with Gasteiger partial charge in [0.15, 0.2) is 5.69 Å². The summed E-state index contributed by atoms with van der Waals surface area (Å²) in [6.07, 6.45) is -2.87. The highest BCUT2D eigenvalue weighted by atomic mass is 79.9. The van der Waals surface area contributed by atoms with Crippen molar-refractivity contribution in [3.8, 4) is 0 Å². The number of esters is 1. The zero-order valence-electron chi connectivity index (χ0n) is 12.9. The quantitative estimate of drug-likeness (QED) is 0.760. The van der Waals surface area contributed by atoms with Crippen molar-refractivity contribution in [2.45, 2.75) is 19.1 Å². The third-order valence-corrected chi connectivity index (χ3v) is 3.94. The Morgan fingerprint density at radius 1 is 1.38 bits per heavy atom. The van der Waals surface area contributed by atoms with E-state index in [2.05, 4.69) is 26.3 Å². The fourth-order valence-electron chi connectivity index (χ4n) is 2.09. The van der Waals surface area contributed by atoms with E-state index in [1.807, 2.05) is 6.92 Å². The van der Waals surface area contributed by atoms with Crippen LogP contribution in [0.5, 0.6) is 0 Å². The van der Waals surface area contributed by atoms with Crippen LogP contribution in [0, 0.1) is 0 Å². The van der Waals surface area contributed by atoms with Crippen LogP contribution < -0.4 is 5.32 Å². The number of alkyl halides is 3. The summed E-state index contributed by atoms with van der Waals surface area (Å²) >= 11 is 3.24. The van der Waals surface area contributed by atoms with Crippen molar-refractivity contribution in [1.29, 1.82) is 0 Å². The van der Waals surface area contributed by atoms with Crippen LogP contribution in [0.4, 0.5) is 18.9 Å². The number of carbonyl (C=O) groups excluding carboxylic acids is 1. The molecular formula is C15H15BrF3N3O2. The number of benzene rings is 1. The zero-order chi connectivity index (χ0) is 17.9. The van der Waals surface area contributed by atoms with Crippen LogP contribution in [0.15, 0.2) is 34.9 Å². The van der Waals surface area contributed by atoms with Crippen molar-refractivity contribution in [2.75, 3.05) is 19.0 Å². The number of carbonyl (C=O) groups is 1. The number of hydrogen-bond acceptors (Lipinski definition) is 4. The van der Waals surface area contributed by atoms with Crippen molar-refractivity contribution < 1.29 is 22.7 Å². The van der Waals surface area contributed by atoms with Crippen molar-refractivity contribution >= 4 is 27.6 Å². The number of aromatic nitrogens is 2. The lowest BCUT2D eigenvalue weighted by molar-refractivity contribution is -0.137. The monoisotopic (exact) mass is 405 g/mol. The second-order valence-corrected chi connectivity index (χ2v) is 5.94. The number of methoxy groups -OCH3 is 1. The molecule has 1 atom stereocenters. The summed E-state index contributed by atoms with van der Waals surface area (Å²) < 4.78 is 44.3. The molecule has 0 aliphatic heterocycles. The van der Waals surface area contributed by atoms with Gasteiger partial charge in [-0.3, -0.25) is 4.68 Å². The van der Waals surface area contributed by atoms with Crippen molar-refractivity contribution in [1.82, 2.24) is 9.78 Å². The first-order valence-corrected chi connectivity index (χ1v) is 7.75. The molecule has 130 valence electrons.